The highest BCUT2D eigenvalue weighted by Crippen LogP contribution is 2.49. The maximum Gasteiger partial charge on any atom is 0.0630 e. The van der Waals surface area contributed by atoms with Crippen LogP contribution >= 0.6 is 0 Å². The standard InChI is InChI=1S/C33H28N2/c1-21(2)22-8-7-9-25(18-22)35-32-13-6-4-11-27(32)29-20-24(15-17-33(29)35)23-14-16-31-28(19-23)26-10-3-5-12-30(26)34-31/h3-21,29,33-34H,1-2H3. The minimum absolute atomic E-state index is 0.287. The van der Waals surface area contributed by atoms with Gasteiger partial charge < -0.3 is 9.88 Å². The van der Waals surface area contributed by atoms with Gasteiger partial charge in [0.05, 0.1) is 6.04 Å². The molecule has 0 saturated carbocycles. The first-order valence-electron chi connectivity index (χ1n) is 12.6. The van der Waals surface area contributed by atoms with E-state index < -0.39 is 0 Å². The van der Waals surface area contributed by atoms with Crippen LogP contribution < -0.4 is 4.90 Å². The van der Waals surface area contributed by atoms with Crippen molar-refractivity contribution in [3.05, 3.63) is 126 Å². The Balaban J connectivity index is 1.32. The van der Waals surface area contributed by atoms with E-state index in [1.54, 1.807) is 0 Å². The fourth-order valence-electron chi connectivity index (χ4n) is 5.90. The summed E-state index contributed by atoms with van der Waals surface area (Å²) in [6.45, 7) is 4.53. The molecule has 2 nitrogen and oxygen atoms in total. The van der Waals surface area contributed by atoms with E-state index in [0.29, 0.717) is 11.8 Å². The van der Waals surface area contributed by atoms with Crippen molar-refractivity contribution in [2.45, 2.75) is 31.7 Å². The van der Waals surface area contributed by atoms with Crippen molar-refractivity contribution in [1.82, 2.24) is 4.98 Å². The molecule has 2 unspecified atom stereocenters. The lowest BCUT2D eigenvalue weighted by Gasteiger charge is -2.30. The zero-order valence-electron chi connectivity index (χ0n) is 20.1. The molecule has 0 amide bonds. The third kappa shape index (κ3) is 3.17. The maximum absolute atomic E-state index is 3.55. The van der Waals surface area contributed by atoms with Crippen LogP contribution in [0.1, 0.15) is 42.4 Å². The van der Waals surface area contributed by atoms with Gasteiger partial charge in [0.25, 0.3) is 0 Å². The van der Waals surface area contributed by atoms with Gasteiger partial charge in [-0.05, 0) is 64.6 Å². The molecule has 2 heteroatoms. The SMILES string of the molecule is CC(C)c1cccc(N2c3ccccc3C3C=C(c4ccc5[nH]c6ccccc6c5c4)C=CC32)c1. The Morgan fingerprint density at radius 3 is 2.51 bits per heavy atom. The highest BCUT2D eigenvalue weighted by atomic mass is 15.2. The highest BCUT2D eigenvalue weighted by Gasteiger charge is 2.38. The zero-order valence-corrected chi connectivity index (χ0v) is 20.1. The van der Waals surface area contributed by atoms with Gasteiger partial charge in [-0.25, -0.2) is 0 Å². The van der Waals surface area contributed by atoms with Gasteiger partial charge >= 0.3 is 0 Å². The molecule has 0 bridgehead atoms. The number of nitrogens with zero attached hydrogens (tertiary/aromatic N) is 1. The number of aromatic amines is 1. The van der Waals surface area contributed by atoms with Crippen LogP contribution in [0.4, 0.5) is 11.4 Å². The second kappa shape index (κ2) is 7.74. The lowest BCUT2D eigenvalue weighted by Crippen LogP contribution is -2.29. The molecule has 2 aliphatic rings. The van der Waals surface area contributed by atoms with E-state index in [4.69, 9.17) is 0 Å². The van der Waals surface area contributed by atoms with Gasteiger partial charge in [-0.1, -0.05) is 86.7 Å². The number of benzene rings is 4. The molecule has 5 aromatic rings. The summed E-state index contributed by atoms with van der Waals surface area (Å²) in [6, 6.07) is 33.6. The average Bonchev–Trinajstić information content (AvgIpc) is 3.43. The van der Waals surface area contributed by atoms with Gasteiger partial charge in [-0.3, -0.25) is 0 Å². The Hall–Kier alpha value is -4.04. The van der Waals surface area contributed by atoms with Crippen molar-refractivity contribution in [3.8, 4) is 0 Å². The van der Waals surface area contributed by atoms with Crippen LogP contribution in [0.3, 0.4) is 0 Å². The highest BCUT2D eigenvalue weighted by molar-refractivity contribution is 6.08. The topological polar surface area (TPSA) is 19.0 Å². The molecule has 2 heterocycles. The van der Waals surface area contributed by atoms with Gasteiger partial charge in [0.15, 0.2) is 0 Å². The van der Waals surface area contributed by atoms with Crippen LogP contribution in [0.5, 0.6) is 0 Å². The number of fused-ring (bicyclic) bond motifs is 6. The van der Waals surface area contributed by atoms with Crippen molar-refractivity contribution >= 4 is 38.8 Å². The van der Waals surface area contributed by atoms with Gasteiger partial charge in [-0.15, -0.1) is 0 Å². The molecule has 0 radical (unpaired) electrons. The van der Waals surface area contributed by atoms with Crippen LogP contribution in [0.25, 0.3) is 27.4 Å². The first-order chi connectivity index (χ1) is 17.2. The first-order valence-corrected chi connectivity index (χ1v) is 12.6. The fraction of sp³-hybridized carbons (Fsp3) is 0.152. The van der Waals surface area contributed by atoms with Crippen molar-refractivity contribution in [2.75, 3.05) is 4.90 Å². The monoisotopic (exact) mass is 452 g/mol. The third-order valence-electron chi connectivity index (χ3n) is 7.71. The van der Waals surface area contributed by atoms with Crippen LogP contribution in [0, 0.1) is 0 Å². The summed E-state index contributed by atoms with van der Waals surface area (Å²) in [5.41, 5.74) is 10.3. The molecule has 0 spiro atoms. The summed E-state index contributed by atoms with van der Waals surface area (Å²) < 4.78 is 0. The number of hydrogen-bond donors (Lipinski definition) is 1. The normalized spacial score (nSPS) is 18.8. The van der Waals surface area contributed by atoms with Crippen LogP contribution in [-0.2, 0) is 0 Å². The Kier molecular flexibility index (Phi) is 4.50. The summed E-state index contributed by atoms with van der Waals surface area (Å²) in [7, 11) is 0. The lowest BCUT2D eigenvalue weighted by atomic mass is 9.86. The van der Waals surface area contributed by atoms with Crippen LogP contribution in [-0.4, -0.2) is 11.0 Å². The number of anilines is 2. The molecule has 1 aliphatic heterocycles. The summed E-state index contributed by atoms with van der Waals surface area (Å²) in [4.78, 5) is 6.08. The summed E-state index contributed by atoms with van der Waals surface area (Å²) in [6.07, 6.45) is 7.20. The minimum Gasteiger partial charge on any atom is -0.355 e. The zero-order chi connectivity index (χ0) is 23.5. The van der Waals surface area contributed by atoms with Crippen LogP contribution in [0.15, 0.2) is 109 Å². The molecule has 1 aromatic heterocycles. The second-order valence-corrected chi connectivity index (χ2v) is 10.1. The van der Waals surface area contributed by atoms with E-state index >= 15 is 0 Å². The molecule has 170 valence electrons. The summed E-state index contributed by atoms with van der Waals surface area (Å²) in [5, 5.41) is 2.57. The second-order valence-electron chi connectivity index (χ2n) is 10.1. The molecule has 1 N–H and O–H groups in total. The smallest absolute Gasteiger partial charge is 0.0630 e. The number of allylic oxidation sites excluding steroid dienone is 2. The van der Waals surface area contributed by atoms with Crippen molar-refractivity contribution in [2.24, 2.45) is 0 Å². The lowest BCUT2D eigenvalue weighted by molar-refractivity contribution is 0.746. The number of nitrogens with one attached hydrogen (secondary N) is 1. The van der Waals surface area contributed by atoms with E-state index in [1.807, 2.05) is 0 Å². The number of H-pyrrole nitrogens is 1. The van der Waals surface area contributed by atoms with Gasteiger partial charge in [-0.2, -0.15) is 0 Å². The van der Waals surface area contributed by atoms with Crippen molar-refractivity contribution in [1.29, 1.82) is 0 Å². The summed E-state index contributed by atoms with van der Waals surface area (Å²) in [5.74, 6) is 0.837. The van der Waals surface area contributed by atoms with E-state index in [-0.39, 0.29) is 6.04 Å². The molecule has 7 rings (SSSR count). The third-order valence-corrected chi connectivity index (χ3v) is 7.71. The average molecular weight is 453 g/mol. The number of para-hydroxylation sites is 2. The maximum atomic E-state index is 3.55. The first kappa shape index (κ1) is 20.3. The van der Waals surface area contributed by atoms with Crippen LogP contribution in [0.2, 0.25) is 0 Å². The predicted octanol–water partition coefficient (Wildman–Crippen LogP) is 8.70. The molecule has 0 saturated heterocycles. The molecule has 2 atom stereocenters. The van der Waals surface area contributed by atoms with Gasteiger partial charge in [0, 0.05) is 39.1 Å². The Morgan fingerprint density at radius 2 is 1.60 bits per heavy atom. The fourth-order valence-corrected chi connectivity index (χ4v) is 5.90. The Labute approximate surface area is 206 Å². The van der Waals surface area contributed by atoms with E-state index in [2.05, 4.69) is 133 Å². The number of hydrogen-bond acceptors (Lipinski definition) is 1. The van der Waals surface area contributed by atoms with Crippen molar-refractivity contribution < 1.29 is 0 Å². The predicted molar refractivity (Wildman–Crippen MR) is 149 cm³/mol. The Bertz CT molecular complexity index is 1650. The van der Waals surface area contributed by atoms with E-state index in [1.165, 1.54) is 55.4 Å². The van der Waals surface area contributed by atoms with E-state index in [0.717, 1.165) is 0 Å². The number of rotatable bonds is 3. The molecule has 1 aliphatic carbocycles. The molecular formula is C33H28N2. The largest absolute Gasteiger partial charge is 0.355 e. The summed E-state index contributed by atoms with van der Waals surface area (Å²) >= 11 is 0. The number of aromatic nitrogens is 1. The molecule has 35 heavy (non-hydrogen) atoms. The molecular weight excluding hydrogens is 424 g/mol. The Morgan fingerprint density at radius 1 is 0.771 bits per heavy atom. The minimum atomic E-state index is 0.287. The quantitative estimate of drug-likeness (QED) is 0.290. The van der Waals surface area contributed by atoms with Gasteiger partial charge in [0.2, 0.25) is 0 Å². The molecule has 0 fully saturated rings. The van der Waals surface area contributed by atoms with E-state index in [9.17, 15) is 0 Å². The molecule has 4 aromatic carbocycles. The van der Waals surface area contributed by atoms with Crippen molar-refractivity contribution in [3.63, 3.8) is 0 Å². The van der Waals surface area contributed by atoms with Gasteiger partial charge in [0.1, 0.15) is 0 Å².